The number of carbonyl (C=O) groups is 1. The lowest BCUT2D eigenvalue weighted by Gasteiger charge is -2.16. The molecule has 104 valence electrons. The van der Waals surface area contributed by atoms with Gasteiger partial charge in [0.05, 0.1) is 11.9 Å². The average molecular weight is 294 g/mol. The van der Waals surface area contributed by atoms with Gasteiger partial charge >= 0.3 is 10.2 Å². The Morgan fingerprint density at radius 3 is 2.65 bits per heavy atom. The van der Waals surface area contributed by atoms with Crippen molar-refractivity contribution >= 4 is 21.8 Å². The van der Waals surface area contributed by atoms with E-state index in [1.165, 1.54) is 12.1 Å². The summed E-state index contributed by atoms with van der Waals surface area (Å²) in [5, 5.41) is 16.4. The number of nitrogens with zero attached hydrogens (tertiary/aromatic N) is 2. The van der Waals surface area contributed by atoms with Crippen LogP contribution in [0.1, 0.15) is 0 Å². The van der Waals surface area contributed by atoms with E-state index in [1.54, 1.807) is 18.5 Å². The molecule has 2 aromatic rings. The molecule has 0 saturated carbocycles. The Labute approximate surface area is 114 Å². The standard InChI is InChI=1S/C11H10N4O4S/c16-10-3-7(8-4-12-13-5-8)1-2-9(10)15-6-11(17)14-20(15,18)19/h1-5,16H,6H2,(H,12,13)(H,14,17). The van der Waals surface area contributed by atoms with Crippen LogP contribution >= 0.6 is 0 Å². The molecular weight excluding hydrogens is 284 g/mol. The minimum Gasteiger partial charge on any atom is -0.506 e. The third-order valence-corrected chi connectivity index (χ3v) is 4.29. The number of aromatic hydroxyl groups is 1. The zero-order chi connectivity index (χ0) is 14.3. The van der Waals surface area contributed by atoms with Gasteiger partial charge in [0.25, 0.3) is 5.91 Å². The SMILES string of the molecule is O=C1CN(c2ccc(-c3cn[nH]c3)cc2O)S(=O)(=O)N1. The van der Waals surface area contributed by atoms with Gasteiger partial charge in [-0.2, -0.15) is 13.5 Å². The molecule has 8 nitrogen and oxygen atoms in total. The normalized spacial score (nSPS) is 17.2. The van der Waals surface area contributed by atoms with Crippen molar-refractivity contribution in [3.63, 3.8) is 0 Å². The summed E-state index contributed by atoms with van der Waals surface area (Å²) >= 11 is 0. The lowest BCUT2D eigenvalue weighted by atomic mass is 10.1. The summed E-state index contributed by atoms with van der Waals surface area (Å²) in [6.45, 7) is -0.346. The fourth-order valence-electron chi connectivity index (χ4n) is 1.98. The molecule has 0 atom stereocenters. The molecule has 0 aliphatic carbocycles. The number of hydrogen-bond donors (Lipinski definition) is 3. The van der Waals surface area contributed by atoms with E-state index in [9.17, 15) is 18.3 Å². The molecule has 1 aromatic carbocycles. The van der Waals surface area contributed by atoms with E-state index < -0.39 is 16.1 Å². The van der Waals surface area contributed by atoms with Crippen LogP contribution in [0.2, 0.25) is 0 Å². The molecule has 1 aliphatic heterocycles. The van der Waals surface area contributed by atoms with Gasteiger partial charge in [-0.3, -0.25) is 9.89 Å². The molecule has 2 heterocycles. The van der Waals surface area contributed by atoms with Crippen LogP contribution < -0.4 is 9.03 Å². The van der Waals surface area contributed by atoms with Crippen LogP contribution in [0.15, 0.2) is 30.6 Å². The zero-order valence-electron chi connectivity index (χ0n) is 10.1. The van der Waals surface area contributed by atoms with Crippen LogP contribution in [0.3, 0.4) is 0 Å². The van der Waals surface area contributed by atoms with Gasteiger partial charge in [0.15, 0.2) is 0 Å². The number of phenols is 1. The van der Waals surface area contributed by atoms with Crippen LogP contribution in [-0.4, -0.2) is 36.2 Å². The molecule has 1 amide bonds. The van der Waals surface area contributed by atoms with Crippen molar-refractivity contribution in [1.29, 1.82) is 0 Å². The van der Waals surface area contributed by atoms with Crippen molar-refractivity contribution in [3.8, 4) is 16.9 Å². The Balaban J connectivity index is 2.02. The zero-order valence-corrected chi connectivity index (χ0v) is 10.9. The Kier molecular flexibility index (Phi) is 2.64. The number of amides is 1. The summed E-state index contributed by atoms with van der Waals surface area (Å²) < 4.78 is 26.1. The molecule has 0 spiro atoms. The van der Waals surface area contributed by atoms with Gasteiger partial charge in [-0.05, 0) is 17.7 Å². The Morgan fingerprint density at radius 1 is 1.30 bits per heavy atom. The summed E-state index contributed by atoms with van der Waals surface area (Å²) in [5.74, 6) is -0.868. The topological polar surface area (TPSA) is 115 Å². The second-order valence-electron chi connectivity index (χ2n) is 4.23. The quantitative estimate of drug-likeness (QED) is 0.719. The second kappa shape index (κ2) is 4.23. The van der Waals surface area contributed by atoms with Gasteiger partial charge in [-0.1, -0.05) is 6.07 Å². The number of benzene rings is 1. The number of carbonyl (C=O) groups excluding carboxylic acids is 1. The van der Waals surface area contributed by atoms with Gasteiger partial charge < -0.3 is 5.11 Å². The van der Waals surface area contributed by atoms with Gasteiger partial charge in [0.1, 0.15) is 12.3 Å². The number of aromatic nitrogens is 2. The highest BCUT2D eigenvalue weighted by molar-refractivity contribution is 7.92. The maximum Gasteiger partial charge on any atom is 0.326 e. The maximum absolute atomic E-state index is 11.7. The average Bonchev–Trinajstić information content (AvgIpc) is 2.97. The highest BCUT2D eigenvalue weighted by atomic mass is 32.2. The third-order valence-electron chi connectivity index (χ3n) is 2.90. The summed E-state index contributed by atoms with van der Waals surface area (Å²) in [6, 6.07) is 4.49. The minimum atomic E-state index is -3.92. The van der Waals surface area contributed by atoms with Crippen molar-refractivity contribution in [2.24, 2.45) is 0 Å². The van der Waals surface area contributed by atoms with E-state index >= 15 is 0 Å². The van der Waals surface area contributed by atoms with E-state index in [1.807, 2.05) is 4.72 Å². The Hall–Kier alpha value is -2.55. The maximum atomic E-state index is 11.7. The fourth-order valence-corrected chi connectivity index (χ4v) is 3.15. The number of hydrogen-bond acceptors (Lipinski definition) is 5. The predicted octanol–water partition coefficient (Wildman–Crippen LogP) is -0.0367. The van der Waals surface area contributed by atoms with E-state index in [0.717, 1.165) is 9.87 Å². The first-order valence-corrected chi connectivity index (χ1v) is 7.07. The lowest BCUT2D eigenvalue weighted by molar-refractivity contribution is -0.117. The largest absolute Gasteiger partial charge is 0.506 e. The van der Waals surface area contributed by atoms with E-state index in [-0.39, 0.29) is 18.0 Å². The number of anilines is 1. The Morgan fingerprint density at radius 2 is 2.10 bits per heavy atom. The van der Waals surface area contributed by atoms with Crippen LogP contribution in [0, 0.1) is 0 Å². The van der Waals surface area contributed by atoms with Gasteiger partial charge in [-0.15, -0.1) is 0 Å². The fraction of sp³-hybridized carbons (Fsp3) is 0.0909. The Bertz CT molecular complexity index is 770. The third kappa shape index (κ3) is 1.97. The molecule has 1 aliphatic rings. The number of nitrogens with one attached hydrogen (secondary N) is 2. The first-order valence-electron chi connectivity index (χ1n) is 5.63. The van der Waals surface area contributed by atoms with Crippen LogP contribution in [0.4, 0.5) is 5.69 Å². The van der Waals surface area contributed by atoms with Crippen molar-refractivity contribution in [3.05, 3.63) is 30.6 Å². The monoisotopic (exact) mass is 294 g/mol. The van der Waals surface area contributed by atoms with E-state index in [2.05, 4.69) is 10.2 Å². The molecule has 1 saturated heterocycles. The summed E-state index contributed by atoms with van der Waals surface area (Å²) in [7, 11) is -3.92. The van der Waals surface area contributed by atoms with Crippen LogP contribution in [-0.2, 0) is 15.0 Å². The van der Waals surface area contributed by atoms with Crippen LogP contribution in [0.5, 0.6) is 5.75 Å². The van der Waals surface area contributed by atoms with Crippen molar-refractivity contribution < 1.29 is 18.3 Å². The number of phenolic OH excluding ortho intramolecular Hbond substituents is 1. The molecular formula is C11H10N4O4S. The summed E-state index contributed by atoms with van der Waals surface area (Å²) in [6.07, 6.45) is 3.22. The second-order valence-corrected chi connectivity index (χ2v) is 5.82. The highest BCUT2D eigenvalue weighted by Crippen LogP contribution is 2.34. The number of rotatable bonds is 2. The molecule has 1 fully saturated rings. The van der Waals surface area contributed by atoms with Crippen molar-refractivity contribution in [2.75, 3.05) is 10.8 Å². The van der Waals surface area contributed by atoms with Crippen molar-refractivity contribution in [2.45, 2.75) is 0 Å². The first-order chi connectivity index (χ1) is 9.47. The highest BCUT2D eigenvalue weighted by Gasteiger charge is 2.35. The van der Waals surface area contributed by atoms with Crippen molar-refractivity contribution in [1.82, 2.24) is 14.9 Å². The molecule has 1 aromatic heterocycles. The molecule has 20 heavy (non-hydrogen) atoms. The first kappa shape index (κ1) is 12.5. The molecule has 0 radical (unpaired) electrons. The molecule has 0 bridgehead atoms. The predicted molar refractivity (Wildman–Crippen MR) is 70.1 cm³/mol. The molecule has 3 rings (SSSR count). The van der Waals surface area contributed by atoms with E-state index in [0.29, 0.717) is 5.56 Å². The van der Waals surface area contributed by atoms with E-state index in [4.69, 9.17) is 0 Å². The number of H-pyrrole nitrogens is 1. The molecule has 0 unspecified atom stereocenters. The summed E-state index contributed by atoms with van der Waals surface area (Å²) in [4.78, 5) is 11.2. The number of aromatic amines is 1. The van der Waals surface area contributed by atoms with Crippen LogP contribution in [0.25, 0.3) is 11.1 Å². The molecule has 9 heteroatoms. The minimum absolute atomic E-state index is 0.0515. The summed E-state index contributed by atoms with van der Waals surface area (Å²) in [5.41, 5.74) is 1.48. The van der Waals surface area contributed by atoms with Gasteiger partial charge in [-0.25, -0.2) is 9.03 Å². The lowest BCUT2D eigenvalue weighted by Crippen LogP contribution is -2.29. The van der Waals surface area contributed by atoms with Gasteiger partial charge in [0.2, 0.25) is 0 Å². The smallest absolute Gasteiger partial charge is 0.326 e. The molecule has 3 N–H and O–H groups in total. The van der Waals surface area contributed by atoms with Gasteiger partial charge in [0, 0.05) is 11.8 Å².